The van der Waals surface area contributed by atoms with Crippen LogP contribution in [-0.4, -0.2) is 18.1 Å². The van der Waals surface area contributed by atoms with Crippen LogP contribution >= 0.6 is 22.9 Å². The SMILES string of the molecule is COC(=O)c1cccc2c1nc(Cl)c1c(C)sc(C)c12. The molecule has 0 radical (unpaired) electrons. The Balaban J connectivity index is 2.54. The molecule has 0 unspecified atom stereocenters. The number of thiophene rings is 1. The van der Waals surface area contributed by atoms with Crippen molar-refractivity contribution in [1.82, 2.24) is 4.98 Å². The van der Waals surface area contributed by atoms with Gasteiger partial charge in [0.15, 0.2) is 0 Å². The maximum absolute atomic E-state index is 11.9. The van der Waals surface area contributed by atoms with E-state index >= 15 is 0 Å². The lowest BCUT2D eigenvalue weighted by Crippen LogP contribution is -2.03. The van der Waals surface area contributed by atoms with Crippen LogP contribution in [0.4, 0.5) is 0 Å². The fraction of sp³-hybridized carbons (Fsp3) is 0.200. The van der Waals surface area contributed by atoms with Crippen LogP contribution in [-0.2, 0) is 4.74 Å². The Morgan fingerprint density at radius 3 is 2.65 bits per heavy atom. The molecule has 0 saturated carbocycles. The van der Waals surface area contributed by atoms with E-state index in [4.69, 9.17) is 16.3 Å². The molecule has 102 valence electrons. The van der Waals surface area contributed by atoms with Gasteiger partial charge in [-0.15, -0.1) is 11.3 Å². The van der Waals surface area contributed by atoms with Crippen molar-refractivity contribution in [3.05, 3.63) is 38.7 Å². The first-order valence-corrected chi connectivity index (χ1v) is 7.30. The Labute approximate surface area is 125 Å². The van der Waals surface area contributed by atoms with Gasteiger partial charge in [-0.25, -0.2) is 9.78 Å². The molecule has 0 N–H and O–H groups in total. The number of benzene rings is 1. The van der Waals surface area contributed by atoms with Gasteiger partial charge >= 0.3 is 5.97 Å². The summed E-state index contributed by atoms with van der Waals surface area (Å²) in [6, 6.07) is 5.51. The predicted octanol–water partition coefficient (Wildman–Crippen LogP) is 4.51. The number of nitrogens with zero attached hydrogens (tertiary/aromatic N) is 1. The summed E-state index contributed by atoms with van der Waals surface area (Å²) in [5.41, 5.74) is 1.04. The Hall–Kier alpha value is -1.65. The van der Waals surface area contributed by atoms with Crippen LogP contribution in [0, 0.1) is 13.8 Å². The number of rotatable bonds is 1. The first-order valence-electron chi connectivity index (χ1n) is 6.10. The molecule has 0 aliphatic carbocycles. The normalized spacial score (nSPS) is 11.2. The first-order chi connectivity index (χ1) is 9.54. The van der Waals surface area contributed by atoms with E-state index in [2.05, 4.69) is 11.9 Å². The average Bonchev–Trinajstić information content (AvgIpc) is 2.73. The lowest BCUT2D eigenvalue weighted by molar-refractivity contribution is 0.0603. The quantitative estimate of drug-likeness (QED) is 0.490. The minimum absolute atomic E-state index is 0.400. The van der Waals surface area contributed by atoms with Crippen molar-refractivity contribution in [3.63, 3.8) is 0 Å². The topological polar surface area (TPSA) is 39.2 Å². The molecule has 0 aliphatic rings. The molecule has 0 aliphatic heterocycles. The summed E-state index contributed by atoms with van der Waals surface area (Å²) in [6.45, 7) is 4.09. The predicted molar refractivity (Wildman–Crippen MR) is 82.9 cm³/mol. The molecular formula is C15H12ClNO2S. The van der Waals surface area contributed by atoms with Crippen LogP contribution in [0.25, 0.3) is 21.7 Å². The zero-order chi connectivity index (χ0) is 14.4. The van der Waals surface area contributed by atoms with Gasteiger partial charge in [0.25, 0.3) is 0 Å². The molecular weight excluding hydrogens is 294 g/mol. The van der Waals surface area contributed by atoms with Gasteiger partial charge in [0.1, 0.15) is 5.15 Å². The third kappa shape index (κ3) is 1.79. The lowest BCUT2D eigenvalue weighted by atomic mass is 10.0. The molecule has 5 heteroatoms. The number of carbonyl (C=O) groups is 1. The fourth-order valence-electron chi connectivity index (χ4n) is 2.55. The highest BCUT2D eigenvalue weighted by atomic mass is 35.5. The van der Waals surface area contributed by atoms with E-state index in [1.54, 1.807) is 17.4 Å². The van der Waals surface area contributed by atoms with E-state index in [1.807, 2.05) is 19.1 Å². The van der Waals surface area contributed by atoms with Crippen molar-refractivity contribution < 1.29 is 9.53 Å². The number of pyridine rings is 1. The van der Waals surface area contributed by atoms with Crippen LogP contribution in [0.5, 0.6) is 0 Å². The Morgan fingerprint density at radius 1 is 1.25 bits per heavy atom. The molecule has 3 rings (SSSR count). The van der Waals surface area contributed by atoms with E-state index in [9.17, 15) is 4.79 Å². The summed E-state index contributed by atoms with van der Waals surface area (Å²) >= 11 is 8.01. The van der Waals surface area contributed by atoms with Crippen LogP contribution in [0.3, 0.4) is 0 Å². The third-order valence-electron chi connectivity index (χ3n) is 3.39. The number of halogens is 1. The number of ether oxygens (including phenoxy) is 1. The fourth-order valence-corrected chi connectivity index (χ4v) is 4.00. The highest BCUT2D eigenvalue weighted by molar-refractivity contribution is 7.13. The largest absolute Gasteiger partial charge is 0.465 e. The van der Waals surface area contributed by atoms with E-state index in [1.165, 1.54) is 12.0 Å². The zero-order valence-corrected chi connectivity index (χ0v) is 12.9. The molecule has 2 aromatic heterocycles. The van der Waals surface area contributed by atoms with Crippen LogP contribution in [0.15, 0.2) is 18.2 Å². The maximum atomic E-state index is 11.9. The molecule has 0 saturated heterocycles. The Kier molecular flexibility index (Phi) is 3.15. The van der Waals surface area contributed by atoms with Gasteiger partial charge in [0.05, 0.1) is 18.2 Å². The maximum Gasteiger partial charge on any atom is 0.340 e. The monoisotopic (exact) mass is 305 g/mol. The minimum atomic E-state index is -0.400. The number of aryl methyl sites for hydroxylation is 2. The summed E-state index contributed by atoms with van der Waals surface area (Å²) in [5, 5.41) is 3.43. The Bertz CT molecular complexity index is 854. The second-order valence-corrected chi connectivity index (χ2v) is 6.35. The summed E-state index contributed by atoms with van der Waals surface area (Å²) in [7, 11) is 1.36. The van der Waals surface area contributed by atoms with Crippen LogP contribution in [0.1, 0.15) is 20.1 Å². The van der Waals surface area contributed by atoms with Gasteiger partial charge in [-0.05, 0) is 19.9 Å². The van der Waals surface area contributed by atoms with Crippen molar-refractivity contribution in [2.45, 2.75) is 13.8 Å². The standard InChI is InChI=1S/C15H12ClNO2S/c1-7-11-9-5-4-6-10(15(18)19-3)13(9)17-14(16)12(11)8(2)20-7/h4-6H,1-3H3. The molecule has 3 nitrogen and oxygen atoms in total. The molecule has 20 heavy (non-hydrogen) atoms. The highest BCUT2D eigenvalue weighted by Gasteiger charge is 2.18. The number of para-hydroxylation sites is 1. The van der Waals surface area contributed by atoms with E-state index in [0.29, 0.717) is 16.2 Å². The number of esters is 1. The smallest absolute Gasteiger partial charge is 0.340 e. The molecule has 0 spiro atoms. The van der Waals surface area contributed by atoms with Crippen LogP contribution < -0.4 is 0 Å². The van der Waals surface area contributed by atoms with Crippen LogP contribution in [0.2, 0.25) is 5.15 Å². The van der Waals surface area contributed by atoms with Gasteiger partial charge < -0.3 is 4.74 Å². The van der Waals surface area contributed by atoms with Gasteiger partial charge in [-0.1, -0.05) is 23.7 Å². The average molecular weight is 306 g/mol. The van der Waals surface area contributed by atoms with Crippen molar-refractivity contribution in [3.8, 4) is 0 Å². The van der Waals surface area contributed by atoms with E-state index < -0.39 is 5.97 Å². The van der Waals surface area contributed by atoms with E-state index in [0.717, 1.165) is 21.0 Å². The minimum Gasteiger partial charge on any atom is -0.465 e. The molecule has 0 bridgehead atoms. The summed E-state index contributed by atoms with van der Waals surface area (Å²) in [6.07, 6.45) is 0. The van der Waals surface area contributed by atoms with E-state index in [-0.39, 0.29) is 0 Å². The van der Waals surface area contributed by atoms with Crippen molar-refractivity contribution in [2.75, 3.05) is 7.11 Å². The summed E-state index contributed by atoms with van der Waals surface area (Å²) in [4.78, 5) is 18.6. The zero-order valence-electron chi connectivity index (χ0n) is 11.3. The number of methoxy groups -OCH3 is 1. The van der Waals surface area contributed by atoms with Crippen molar-refractivity contribution in [1.29, 1.82) is 0 Å². The van der Waals surface area contributed by atoms with Gasteiger partial charge in [0.2, 0.25) is 0 Å². The van der Waals surface area contributed by atoms with Crippen molar-refractivity contribution in [2.24, 2.45) is 0 Å². The number of hydrogen-bond acceptors (Lipinski definition) is 4. The number of carbonyl (C=O) groups excluding carboxylic acids is 1. The van der Waals surface area contributed by atoms with Gasteiger partial charge in [-0.3, -0.25) is 0 Å². The second-order valence-electron chi connectivity index (χ2n) is 4.56. The molecule has 0 amide bonds. The highest BCUT2D eigenvalue weighted by Crippen LogP contribution is 2.39. The molecule has 3 aromatic rings. The third-order valence-corrected chi connectivity index (χ3v) is 4.68. The first kappa shape index (κ1) is 13.3. The van der Waals surface area contributed by atoms with Gasteiger partial charge in [0, 0.05) is 25.9 Å². The number of hydrogen-bond donors (Lipinski definition) is 0. The van der Waals surface area contributed by atoms with Crippen molar-refractivity contribution >= 4 is 50.6 Å². The Morgan fingerprint density at radius 2 is 1.95 bits per heavy atom. The summed E-state index contributed by atoms with van der Waals surface area (Å²) < 4.78 is 4.81. The molecule has 0 atom stereocenters. The lowest BCUT2D eigenvalue weighted by Gasteiger charge is -2.07. The molecule has 2 heterocycles. The molecule has 0 fully saturated rings. The number of aromatic nitrogens is 1. The van der Waals surface area contributed by atoms with Gasteiger partial charge in [-0.2, -0.15) is 0 Å². The second kappa shape index (κ2) is 4.72. The number of fused-ring (bicyclic) bond motifs is 3. The molecule has 1 aromatic carbocycles. The summed E-state index contributed by atoms with van der Waals surface area (Å²) in [5.74, 6) is -0.400.